The molecule has 0 amide bonds. The van der Waals surface area contributed by atoms with Crippen molar-refractivity contribution < 1.29 is 23.3 Å². The summed E-state index contributed by atoms with van der Waals surface area (Å²) < 4.78 is 0. The van der Waals surface area contributed by atoms with Crippen LogP contribution in [-0.2, 0) is 23.3 Å². The van der Waals surface area contributed by atoms with Crippen molar-refractivity contribution in [3.05, 3.63) is 146 Å². The van der Waals surface area contributed by atoms with Gasteiger partial charge in [-0.1, -0.05) is 111 Å². The van der Waals surface area contributed by atoms with Crippen LogP contribution in [0, 0.1) is 42.5 Å². The number of hydrogen-bond donors (Lipinski definition) is 0. The molecular weight excluding hydrogens is 588 g/mol. The summed E-state index contributed by atoms with van der Waals surface area (Å²) in [6.07, 6.45) is 0. The molecule has 0 atom stereocenters. The third-order valence-electron chi connectivity index (χ3n) is 7.35. The van der Waals surface area contributed by atoms with E-state index in [2.05, 4.69) is 152 Å². The Morgan fingerprint density at radius 1 is 0.610 bits per heavy atom. The summed E-state index contributed by atoms with van der Waals surface area (Å²) in [6.45, 7) is 16.2. The zero-order valence-corrected chi connectivity index (χ0v) is 29.4. The van der Waals surface area contributed by atoms with E-state index in [0.717, 1.165) is 0 Å². The first-order valence-corrected chi connectivity index (χ1v) is 17.7. The Balaban J connectivity index is 0.000000259. The minimum atomic E-state index is 0. The Hall–Kier alpha value is -2.80. The summed E-state index contributed by atoms with van der Waals surface area (Å²) in [5.41, 5.74) is 12.0. The molecule has 2 radical (unpaired) electrons. The fraction of sp³-hybridized carbons (Fsp3) is 0.179. The van der Waals surface area contributed by atoms with Gasteiger partial charge in [0.05, 0.1) is 0 Å². The SMILES string of the molecule is Cc1cccc(-c2ccc(C)c3[cH-]c(C)cc23)c1.Cc1cccc(-c2cccc3[cH-]c(C(C)C)cc23)c1.[CH3-].[CH3-].[Si]=[Zr]. The van der Waals surface area contributed by atoms with E-state index in [-0.39, 0.29) is 14.9 Å². The van der Waals surface area contributed by atoms with Gasteiger partial charge >= 0.3 is 30.2 Å². The topological polar surface area (TPSA) is 0 Å². The fourth-order valence-electron chi connectivity index (χ4n) is 5.31. The number of hydrogen-bond acceptors (Lipinski definition) is 0. The fourth-order valence-corrected chi connectivity index (χ4v) is 5.31. The molecule has 0 fully saturated rings. The van der Waals surface area contributed by atoms with Crippen LogP contribution < -0.4 is 0 Å². The maximum atomic E-state index is 3.06. The molecule has 210 valence electrons. The second-order valence-electron chi connectivity index (χ2n) is 10.8. The minimum absolute atomic E-state index is 0. The van der Waals surface area contributed by atoms with Crippen LogP contribution in [-0.4, -0.2) is 6.88 Å². The van der Waals surface area contributed by atoms with Crippen LogP contribution in [0.25, 0.3) is 43.8 Å². The van der Waals surface area contributed by atoms with E-state index < -0.39 is 0 Å². The summed E-state index contributed by atoms with van der Waals surface area (Å²) in [7, 11) is 0. The monoisotopic (exact) mass is 628 g/mol. The molecule has 0 aromatic heterocycles. The molecule has 0 aliphatic heterocycles. The molecule has 0 nitrogen and oxygen atoms in total. The Labute approximate surface area is 265 Å². The molecule has 41 heavy (non-hydrogen) atoms. The molecule has 0 spiro atoms. The van der Waals surface area contributed by atoms with E-state index in [1.54, 1.807) is 0 Å². The molecule has 0 bridgehead atoms. The van der Waals surface area contributed by atoms with Gasteiger partial charge < -0.3 is 14.9 Å². The first kappa shape index (κ1) is 34.4. The normalized spacial score (nSPS) is 10.2. The van der Waals surface area contributed by atoms with Gasteiger partial charge in [-0.25, -0.2) is 0 Å². The van der Waals surface area contributed by atoms with Crippen molar-refractivity contribution >= 4 is 28.4 Å². The van der Waals surface area contributed by atoms with Crippen LogP contribution in [0.15, 0.2) is 103 Å². The second-order valence-corrected chi connectivity index (χ2v) is 10.8. The summed E-state index contributed by atoms with van der Waals surface area (Å²) in [6, 6.07) is 37.8. The van der Waals surface area contributed by atoms with Crippen molar-refractivity contribution in [1.82, 2.24) is 0 Å². The van der Waals surface area contributed by atoms with Gasteiger partial charge in [0.1, 0.15) is 0 Å². The Morgan fingerprint density at radius 2 is 1.17 bits per heavy atom. The van der Waals surface area contributed by atoms with Crippen LogP contribution in [0.1, 0.15) is 47.6 Å². The quantitative estimate of drug-likeness (QED) is 0.135. The Kier molecular flexibility index (Phi) is 13.0. The van der Waals surface area contributed by atoms with E-state index in [4.69, 9.17) is 0 Å². The first-order valence-electron chi connectivity index (χ1n) is 13.6. The Bertz CT molecular complexity index is 1710. The van der Waals surface area contributed by atoms with E-state index >= 15 is 0 Å². The van der Waals surface area contributed by atoms with Crippen LogP contribution >= 0.6 is 0 Å². The molecule has 0 unspecified atom stereocenters. The van der Waals surface area contributed by atoms with Crippen LogP contribution in [0.2, 0.25) is 0 Å². The molecule has 0 aliphatic rings. The van der Waals surface area contributed by atoms with Crippen molar-refractivity contribution in [2.75, 3.05) is 0 Å². The van der Waals surface area contributed by atoms with Crippen LogP contribution in [0.3, 0.4) is 0 Å². The van der Waals surface area contributed by atoms with Gasteiger partial charge in [0.2, 0.25) is 0 Å². The summed E-state index contributed by atoms with van der Waals surface area (Å²) in [4.78, 5) is 0. The van der Waals surface area contributed by atoms with Crippen molar-refractivity contribution in [3.8, 4) is 22.3 Å². The van der Waals surface area contributed by atoms with Crippen molar-refractivity contribution in [2.24, 2.45) is 0 Å². The van der Waals surface area contributed by atoms with E-state index in [0.29, 0.717) is 5.92 Å². The average molecular weight is 630 g/mol. The third kappa shape index (κ3) is 7.94. The zero-order chi connectivity index (χ0) is 28.1. The number of aryl methyl sites for hydroxylation is 4. The van der Waals surface area contributed by atoms with Gasteiger partial charge in [0.15, 0.2) is 0 Å². The molecule has 6 aromatic carbocycles. The van der Waals surface area contributed by atoms with Gasteiger partial charge in [0, 0.05) is 0 Å². The maximum absolute atomic E-state index is 3.06. The third-order valence-corrected chi connectivity index (χ3v) is 7.35. The number of benzene rings is 4. The van der Waals surface area contributed by atoms with Gasteiger partial charge in [0.25, 0.3) is 0 Å². The van der Waals surface area contributed by atoms with E-state index in [1.807, 2.05) is 0 Å². The molecule has 0 heterocycles. The molecule has 6 aromatic rings. The molecule has 2 heteroatoms. The summed E-state index contributed by atoms with van der Waals surface area (Å²) in [5.74, 6) is 0.581. The number of fused-ring (bicyclic) bond motifs is 2. The summed E-state index contributed by atoms with van der Waals surface area (Å²) >= 11 is 1.36. The molecular formula is C39H42SiZr-4. The van der Waals surface area contributed by atoms with Crippen LogP contribution in [0.4, 0.5) is 0 Å². The first-order chi connectivity index (χ1) is 18.8. The zero-order valence-electron chi connectivity index (χ0n) is 25.9. The van der Waals surface area contributed by atoms with E-state index in [9.17, 15) is 0 Å². The van der Waals surface area contributed by atoms with Crippen molar-refractivity contribution in [2.45, 2.75) is 47.5 Å². The van der Waals surface area contributed by atoms with Gasteiger partial charge in [-0.2, -0.15) is 12.1 Å². The predicted octanol–water partition coefficient (Wildman–Crippen LogP) is 11.3. The van der Waals surface area contributed by atoms with Crippen molar-refractivity contribution in [1.29, 1.82) is 0 Å². The molecule has 6 rings (SSSR count). The van der Waals surface area contributed by atoms with Gasteiger partial charge in [-0.15, -0.1) is 68.6 Å². The standard InChI is InChI=1S/C19H19.C18H17.2CH3.Si.Zr/c1-13(2)17-11-16-8-5-9-18(19(16)12-17)15-7-4-6-14(3)10-15;1-12-5-4-6-15(9-12)16-8-7-14(3)17-10-13(2)11-18(16)17;;;;/h4-13H,1-3H3;4-11H,1-3H3;2*1H3;;/q4*-1;;. The molecule has 0 aliphatic carbocycles. The second kappa shape index (κ2) is 15.4. The Morgan fingerprint density at radius 3 is 1.73 bits per heavy atom. The number of rotatable bonds is 3. The molecule has 0 saturated carbocycles. The van der Waals surface area contributed by atoms with Gasteiger partial charge in [-0.05, 0) is 30.9 Å². The predicted molar refractivity (Wildman–Crippen MR) is 182 cm³/mol. The van der Waals surface area contributed by atoms with E-state index in [1.165, 1.54) is 95.0 Å². The molecule has 0 saturated heterocycles. The average Bonchev–Trinajstić information content (AvgIpc) is 3.55. The summed E-state index contributed by atoms with van der Waals surface area (Å²) in [5, 5.41) is 5.48. The van der Waals surface area contributed by atoms with Gasteiger partial charge in [-0.3, -0.25) is 0 Å². The van der Waals surface area contributed by atoms with Crippen LogP contribution in [0.5, 0.6) is 0 Å². The van der Waals surface area contributed by atoms with Crippen molar-refractivity contribution in [3.63, 3.8) is 0 Å². The molecule has 0 N–H and O–H groups in total.